The predicted octanol–water partition coefficient (Wildman–Crippen LogP) is 5.61. The van der Waals surface area contributed by atoms with Crippen LogP contribution >= 0.6 is 23.2 Å². The zero-order chi connectivity index (χ0) is 18.0. The molecule has 1 saturated carbocycles. The number of piperidine rings is 1. The quantitative estimate of drug-likeness (QED) is 0.595. The molecule has 26 heavy (non-hydrogen) atoms. The van der Waals surface area contributed by atoms with Crippen LogP contribution in [0.5, 0.6) is 5.75 Å². The number of rotatable bonds is 6. The highest BCUT2D eigenvalue weighted by molar-refractivity contribution is 6.52. The van der Waals surface area contributed by atoms with E-state index in [1.165, 1.54) is 43.5 Å². The number of likely N-dealkylation sites (tertiary alicyclic amines) is 1. The third kappa shape index (κ3) is 3.88. The lowest BCUT2D eigenvalue weighted by molar-refractivity contribution is 0.183. The zero-order valence-electron chi connectivity index (χ0n) is 14.9. The third-order valence-corrected chi connectivity index (χ3v) is 6.52. The van der Waals surface area contributed by atoms with E-state index >= 15 is 0 Å². The maximum absolute atomic E-state index is 6.58. The van der Waals surface area contributed by atoms with E-state index in [0.29, 0.717) is 0 Å². The standard InChI is InChI=1S/C22H25Cl2NO/c23-22(24)20(17-7-3-1-4-8-17)21(22)18-9-11-19(12-10-18)26-16-15-25-13-5-2-6-14-25/h1,3-4,7-12,20-21H,2,5-6,13-16H2/t20-,21+/m1/s1. The minimum absolute atomic E-state index is 0.135. The second-order valence-corrected chi connectivity index (χ2v) is 8.80. The van der Waals surface area contributed by atoms with Crippen LogP contribution in [0.1, 0.15) is 42.2 Å². The Morgan fingerprint density at radius 2 is 1.46 bits per heavy atom. The van der Waals surface area contributed by atoms with Crippen LogP contribution in [-0.2, 0) is 0 Å². The van der Waals surface area contributed by atoms with Crippen LogP contribution in [0.2, 0.25) is 0 Å². The first-order chi connectivity index (χ1) is 12.7. The molecule has 2 aromatic rings. The fourth-order valence-corrected chi connectivity index (χ4v) is 4.95. The van der Waals surface area contributed by atoms with Crippen molar-refractivity contribution in [2.75, 3.05) is 26.2 Å². The average Bonchev–Trinajstić information content (AvgIpc) is 3.26. The molecule has 2 aliphatic rings. The summed E-state index contributed by atoms with van der Waals surface area (Å²) in [6.45, 7) is 4.16. The SMILES string of the molecule is ClC1(Cl)[C@H](c2ccccc2)[C@@H]1c1ccc(OCCN2CCCCC2)cc1. The van der Waals surface area contributed by atoms with Crippen molar-refractivity contribution >= 4 is 23.2 Å². The van der Waals surface area contributed by atoms with Gasteiger partial charge in [-0.2, -0.15) is 0 Å². The van der Waals surface area contributed by atoms with Gasteiger partial charge in [-0.15, -0.1) is 23.2 Å². The van der Waals surface area contributed by atoms with Crippen molar-refractivity contribution in [1.29, 1.82) is 0 Å². The number of hydrogen-bond donors (Lipinski definition) is 0. The normalized spacial score (nSPS) is 25.0. The van der Waals surface area contributed by atoms with Gasteiger partial charge in [-0.05, 0) is 49.2 Å². The van der Waals surface area contributed by atoms with Crippen LogP contribution in [0.3, 0.4) is 0 Å². The highest BCUT2D eigenvalue weighted by Crippen LogP contribution is 2.70. The van der Waals surface area contributed by atoms with Crippen LogP contribution in [0, 0.1) is 0 Å². The van der Waals surface area contributed by atoms with Crippen LogP contribution < -0.4 is 4.74 Å². The van der Waals surface area contributed by atoms with Gasteiger partial charge in [-0.1, -0.05) is 48.9 Å². The zero-order valence-corrected chi connectivity index (χ0v) is 16.4. The molecule has 2 atom stereocenters. The Hall–Kier alpha value is -1.22. The lowest BCUT2D eigenvalue weighted by atomic mass is 10.0. The van der Waals surface area contributed by atoms with Gasteiger partial charge in [0.05, 0.1) is 0 Å². The largest absolute Gasteiger partial charge is 0.492 e. The van der Waals surface area contributed by atoms with Crippen LogP contribution in [0.15, 0.2) is 54.6 Å². The summed E-state index contributed by atoms with van der Waals surface area (Å²) in [7, 11) is 0. The summed E-state index contributed by atoms with van der Waals surface area (Å²) < 4.78 is 5.20. The fraction of sp³-hybridized carbons (Fsp3) is 0.455. The monoisotopic (exact) mass is 389 g/mol. The predicted molar refractivity (Wildman–Crippen MR) is 109 cm³/mol. The molecule has 0 amide bonds. The minimum Gasteiger partial charge on any atom is -0.492 e. The Bertz CT molecular complexity index is 711. The smallest absolute Gasteiger partial charge is 0.133 e. The van der Waals surface area contributed by atoms with Crippen molar-refractivity contribution < 1.29 is 4.74 Å². The molecule has 0 bridgehead atoms. The highest BCUT2D eigenvalue weighted by Gasteiger charge is 2.64. The van der Waals surface area contributed by atoms with Crippen molar-refractivity contribution in [1.82, 2.24) is 4.90 Å². The van der Waals surface area contributed by atoms with Gasteiger partial charge in [0.2, 0.25) is 0 Å². The van der Waals surface area contributed by atoms with Gasteiger partial charge in [0.25, 0.3) is 0 Å². The molecule has 1 aliphatic heterocycles. The number of ether oxygens (including phenoxy) is 1. The van der Waals surface area contributed by atoms with E-state index in [2.05, 4.69) is 29.2 Å². The van der Waals surface area contributed by atoms with Crippen molar-refractivity contribution in [3.05, 3.63) is 65.7 Å². The molecule has 0 unspecified atom stereocenters. The number of nitrogens with zero attached hydrogens (tertiary/aromatic N) is 1. The second-order valence-electron chi connectivity index (χ2n) is 7.36. The summed E-state index contributed by atoms with van der Waals surface area (Å²) >= 11 is 13.2. The van der Waals surface area contributed by atoms with Crippen LogP contribution in [0.25, 0.3) is 0 Å². The topological polar surface area (TPSA) is 12.5 Å². The van der Waals surface area contributed by atoms with Gasteiger partial charge in [-0.25, -0.2) is 0 Å². The number of alkyl halides is 2. The Kier molecular flexibility index (Phi) is 5.45. The van der Waals surface area contributed by atoms with Crippen molar-refractivity contribution in [2.45, 2.75) is 35.4 Å². The third-order valence-electron chi connectivity index (χ3n) is 5.58. The van der Waals surface area contributed by atoms with E-state index in [1.807, 2.05) is 30.3 Å². The number of benzene rings is 2. The summed E-state index contributed by atoms with van der Waals surface area (Å²) in [4.78, 5) is 2.49. The molecular weight excluding hydrogens is 365 g/mol. The average molecular weight is 390 g/mol. The Balaban J connectivity index is 1.34. The molecule has 1 heterocycles. The van der Waals surface area contributed by atoms with Gasteiger partial charge >= 0.3 is 0 Å². The molecular formula is C22H25Cl2NO. The van der Waals surface area contributed by atoms with E-state index < -0.39 is 4.33 Å². The first-order valence-corrected chi connectivity index (χ1v) is 10.3. The molecule has 0 aromatic heterocycles. The maximum Gasteiger partial charge on any atom is 0.133 e. The molecule has 0 N–H and O–H groups in total. The van der Waals surface area contributed by atoms with E-state index in [0.717, 1.165) is 18.9 Å². The molecule has 2 nitrogen and oxygen atoms in total. The fourth-order valence-electron chi connectivity index (χ4n) is 4.06. The highest BCUT2D eigenvalue weighted by atomic mass is 35.5. The van der Waals surface area contributed by atoms with Crippen molar-refractivity contribution in [3.63, 3.8) is 0 Å². The molecule has 4 heteroatoms. The van der Waals surface area contributed by atoms with Gasteiger partial charge in [0, 0.05) is 18.4 Å². The summed E-state index contributed by atoms with van der Waals surface area (Å²) in [6, 6.07) is 18.6. The Morgan fingerprint density at radius 1 is 0.846 bits per heavy atom. The minimum atomic E-state index is -0.724. The molecule has 1 saturated heterocycles. The van der Waals surface area contributed by atoms with Crippen molar-refractivity contribution in [2.24, 2.45) is 0 Å². The maximum atomic E-state index is 6.58. The van der Waals surface area contributed by atoms with Crippen molar-refractivity contribution in [3.8, 4) is 5.75 Å². The molecule has 0 radical (unpaired) electrons. The molecule has 4 rings (SSSR count). The second kappa shape index (κ2) is 7.80. The lowest BCUT2D eigenvalue weighted by Crippen LogP contribution is -2.33. The van der Waals surface area contributed by atoms with Gasteiger partial charge < -0.3 is 4.74 Å². The van der Waals surface area contributed by atoms with E-state index in [-0.39, 0.29) is 11.8 Å². The van der Waals surface area contributed by atoms with E-state index in [4.69, 9.17) is 27.9 Å². The van der Waals surface area contributed by atoms with Gasteiger partial charge in [0.1, 0.15) is 16.7 Å². The Labute approximate surface area is 166 Å². The molecule has 0 spiro atoms. The van der Waals surface area contributed by atoms with E-state index in [9.17, 15) is 0 Å². The Morgan fingerprint density at radius 3 is 2.12 bits per heavy atom. The summed E-state index contributed by atoms with van der Waals surface area (Å²) in [6.07, 6.45) is 4.00. The lowest BCUT2D eigenvalue weighted by Gasteiger charge is -2.26. The molecule has 138 valence electrons. The van der Waals surface area contributed by atoms with Crippen LogP contribution in [0.4, 0.5) is 0 Å². The number of hydrogen-bond acceptors (Lipinski definition) is 2. The van der Waals surface area contributed by atoms with Gasteiger partial charge in [-0.3, -0.25) is 4.90 Å². The summed E-state index contributed by atoms with van der Waals surface area (Å²) in [5, 5.41) is 0. The molecule has 2 aromatic carbocycles. The number of halogens is 2. The summed E-state index contributed by atoms with van der Waals surface area (Å²) in [5.74, 6) is 1.20. The first-order valence-electron chi connectivity index (χ1n) is 9.54. The molecule has 2 fully saturated rings. The van der Waals surface area contributed by atoms with Crippen LogP contribution in [-0.4, -0.2) is 35.5 Å². The molecule has 1 aliphatic carbocycles. The van der Waals surface area contributed by atoms with E-state index in [1.54, 1.807) is 0 Å². The summed E-state index contributed by atoms with van der Waals surface area (Å²) in [5.41, 5.74) is 2.37. The first kappa shape index (κ1) is 18.2. The van der Waals surface area contributed by atoms with Gasteiger partial charge in [0.15, 0.2) is 0 Å².